The van der Waals surface area contributed by atoms with Crippen LogP contribution in [0.15, 0.2) is 9.59 Å². The zero-order chi connectivity index (χ0) is 12.2. The van der Waals surface area contributed by atoms with E-state index in [1.807, 2.05) is 4.57 Å². The number of hydrogen-bond acceptors (Lipinski definition) is 4. The first-order chi connectivity index (χ1) is 8.08. The molecule has 0 spiro atoms. The molecule has 0 radical (unpaired) electrons. The lowest BCUT2D eigenvalue weighted by Crippen LogP contribution is -2.30. The molecule has 2 aromatic rings. The van der Waals surface area contributed by atoms with Gasteiger partial charge in [-0.05, 0) is 5.92 Å². The van der Waals surface area contributed by atoms with Crippen LogP contribution in [0.4, 0.5) is 5.95 Å². The standard InChI is InChI=1S/C10H13N5O2/c1-5-3-11-9-12-7-6(15(9)4-5)8(16)13-10(17)14(7)2/h5H,3-4H2,1-2H3,(H,11,12)(H,13,16,17). The molecule has 0 aromatic carbocycles. The summed E-state index contributed by atoms with van der Waals surface area (Å²) in [6, 6.07) is 0. The SMILES string of the molecule is CC1CNc2nc3c(c(=O)[nH]c(=O)n3C)n2C1. The zero-order valence-electron chi connectivity index (χ0n) is 9.65. The third kappa shape index (κ3) is 1.31. The molecule has 2 N–H and O–H groups in total. The van der Waals surface area contributed by atoms with E-state index in [9.17, 15) is 9.59 Å². The van der Waals surface area contributed by atoms with Crippen LogP contribution in [0.1, 0.15) is 6.92 Å². The Bertz CT molecular complexity index is 708. The Morgan fingerprint density at radius 3 is 2.94 bits per heavy atom. The number of nitrogens with one attached hydrogen (secondary N) is 2. The van der Waals surface area contributed by atoms with Gasteiger partial charge in [-0.15, -0.1) is 0 Å². The second-order valence-electron chi connectivity index (χ2n) is 4.52. The Labute approximate surface area is 96.1 Å². The summed E-state index contributed by atoms with van der Waals surface area (Å²) in [5.41, 5.74) is 0.0697. The lowest BCUT2D eigenvalue weighted by molar-refractivity contribution is 0.485. The predicted octanol–water partition coefficient (Wildman–Crippen LogP) is -0.515. The van der Waals surface area contributed by atoms with Gasteiger partial charge in [-0.3, -0.25) is 14.3 Å². The Hall–Kier alpha value is -2.05. The van der Waals surface area contributed by atoms with Gasteiger partial charge in [0.25, 0.3) is 5.56 Å². The predicted molar refractivity (Wildman–Crippen MR) is 63.2 cm³/mol. The molecule has 1 aliphatic heterocycles. The highest BCUT2D eigenvalue weighted by Gasteiger charge is 2.22. The molecule has 1 aliphatic rings. The molecule has 3 heterocycles. The maximum atomic E-state index is 11.8. The van der Waals surface area contributed by atoms with Gasteiger partial charge in [0.05, 0.1) is 0 Å². The highest BCUT2D eigenvalue weighted by atomic mass is 16.2. The first-order valence-electron chi connectivity index (χ1n) is 5.51. The average Bonchev–Trinajstić information content (AvgIpc) is 2.65. The van der Waals surface area contributed by atoms with E-state index in [0.717, 1.165) is 13.1 Å². The van der Waals surface area contributed by atoms with Gasteiger partial charge in [-0.2, -0.15) is 4.98 Å². The molecule has 1 unspecified atom stereocenters. The van der Waals surface area contributed by atoms with Crippen molar-refractivity contribution in [2.24, 2.45) is 13.0 Å². The summed E-state index contributed by atoms with van der Waals surface area (Å²) in [4.78, 5) is 29.9. The number of nitrogens with zero attached hydrogens (tertiary/aromatic N) is 3. The van der Waals surface area contributed by atoms with Crippen molar-refractivity contribution in [1.29, 1.82) is 0 Å². The summed E-state index contributed by atoms with van der Waals surface area (Å²) in [5, 5.41) is 3.16. The Morgan fingerprint density at radius 2 is 2.18 bits per heavy atom. The van der Waals surface area contributed by atoms with Gasteiger partial charge in [0.1, 0.15) is 0 Å². The van der Waals surface area contributed by atoms with Gasteiger partial charge in [-0.1, -0.05) is 6.92 Å². The van der Waals surface area contributed by atoms with E-state index in [-0.39, 0.29) is 5.56 Å². The molecule has 0 saturated heterocycles. The minimum atomic E-state index is -0.439. The molecular weight excluding hydrogens is 222 g/mol. The van der Waals surface area contributed by atoms with Crippen LogP contribution in [0.5, 0.6) is 0 Å². The smallest absolute Gasteiger partial charge is 0.329 e. The summed E-state index contributed by atoms with van der Waals surface area (Å²) < 4.78 is 3.19. The van der Waals surface area contributed by atoms with Gasteiger partial charge in [-0.25, -0.2) is 4.79 Å². The third-order valence-corrected chi connectivity index (χ3v) is 3.11. The van der Waals surface area contributed by atoms with Crippen molar-refractivity contribution in [2.75, 3.05) is 11.9 Å². The molecule has 0 saturated carbocycles. The quantitative estimate of drug-likeness (QED) is 0.643. The summed E-state index contributed by atoms with van der Waals surface area (Å²) in [5.74, 6) is 1.08. The first kappa shape index (κ1) is 10.1. The van der Waals surface area contributed by atoms with Gasteiger partial charge in [0, 0.05) is 20.1 Å². The van der Waals surface area contributed by atoms with Crippen LogP contribution in [0, 0.1) is 5.92 Å². The van der Waals surface area contributed by atoms with E-state index in [1.54, 1.807) is 7.05 Å². The first-order valence-corrected chi connectivity index (χ1v) is 5.51. The minimum absolute atomic E-state index is 0.377. The Balaban J connectivity index is 2.44. The lowest BCUT2D eigenvalue weighted by atomic mass is 10.1. The van der Waals surface area contributed by atoms with Crippen molar-refractivity contribution in [3.63, 3.8) is 0 Å². The van der Waals surface area contributed by atoms with Gasteiger partial charge in [0.2, 0.25) is 5.95 Å². The van der Waals surface area contributed by atoms with Gasteiger partial charge >= 0.3 is 5.69 Å². The fourth-order valence-electron chi connectivity index (χ4n) is 2.19. The molecule has 7 heteroatoms. The molecule has 2 aromatic heterocycles. The number of H-pyrrole nitrogens is 1. The summed E-state index contributed by atoms with van der Waals surface area (Å²) >= 11 is 0. The molecule has 0 bridgehead atoms. The Kier molecular flexibility index (Phi) is 1.92. The minimum Gasteiger partial charge on any atom is -0.355 e. The molecular formula is C10H13N5O2. The summed E-state index contributed by atoms with van der Waals surface area (Å²) in [7, 11) is 1.60. The van der Waals surface area contributed by atoms with Crippen LogP contribution in [0.3, 0.4) is 0 Å². The fraction of sp³-hybridized carbons (Fsp3) is 0.500. The monoisotopic (exact) mass is 235 g/mol. The largest absolute Gasteiger partial charge is 0.355 e. The second kappa shape index (κ2) is 3.22. The molecule has 17 heavy (non-hydrogen) atoms. The third-order valence-electron chi connectivity index (χ3n) is 3.11. The van der Waals surface area contributed by atoms with Crippen molar-refractivity contribution in [1.82, 2.24) is 19.1 Å². The molecule has 0 amide bonds. The van der Waals surface area contributed by atoms with Gasteiger partial charge in [0.15, 0.2) is 11.2 Å². The normalized spacial score (nSPS) is 19.1. The number of hydrogen-bond donors (Lipinski definition) is 2. The van der Waals surface area contributed by atoms with Crippen LogP contribution < -0.4 is 16.6 Å². The van der Waals surface area contributed by atoms with Crippen LogP contribution in [-0.4, -0.2) is 25.6 Å². The van der Waals surface area contributed by atoms with Gasteiger partial charge < -0.3 is 9.88 Å². The van der Waals surface area contributed by atoms with E-state index in [4.69, 9.17) is 0 Å². The molecule has 0 fully saturated rings. The molecule has 90 valence electrons. The number of imidazole rings is 1. The number of aromatic amines is 1. The van der Waals surface area contributed by atoms with Crippen molar-refractivity contribution < 1.29 is 0 Å². The average molecular weight is 235 g/mol. The second-order valence-corrected chi connectivity index (χ2v) is 4.52. The van der Waals surface area contributed by atoms with Crippen molar-refractivity contribution in [3.05, 3.63) is 20.8 Å². The van der Waals surface area contributed by atoms with Crippen molar-refractivity contribution in [2.45, 2.75) is 13.5 Å². The summed E-state index contributed by atoms with van der Waals surface area (Å²) in [6.07, 6.45) is 0. The number of aromatic nitrogens is 4. The maximum Gasteiger partial charge on any atom is 0.329 e. The molecule has 3 rings (SSSR count). The topological polar surface area (TPSA) is 84.7 Å². The number of fused-ring (bicyclic) bond motifs is 3. The number of rotatable bonds is 0. The van der Waals surface area contributed by atoms with E-state index >= 15 is 0 Å². The molecule has 1 atom stereocenters. The fourth-order valence-corrected chi connectivity index (χ4v) is 2.19. The highest BCUT2D eigenvalue weighted by Crippen LogP contribution is 2.21. The highest BCUT2D eigenvalue weighted by molar-refractivity contribution is 5.74. The zero-order valence-corrected chi connectivity index (χ0v) is 9.65. The van der Waals surface area contributed by atoms with E-state index in [0.29, 0.717) is 23.0 Å². The van der Waals surface area contributed by atoms with Crippen LogP contribution in [0.25, 0.3) is 11.2 Å². The maximum absolute atomic E-state index is 11.8. The van der Waals surface area contributed by atoms with E-state index in [1.165, 1.54) is 4.57 Å². The van der Waals surface area contributed by atoms with Crippen LogP contribution in [-0.2, 0) is 13.6 Å². The number of aryl methyl sites for hydroxylation is 1. The van der Waals surface area contributed by atoms with Crippen molar-refractivity contribution >= 4 is 17.1 Å². The van der Waals surface area contributed by atoms with Crippen LogP contribution in [0.2, 0.25) is 0 Å². The number of anilines is 1. The van der Waals surface area contributed by atoms with Crippen molar-refractivity contribution in [3.8, 4) is 0 Å². The Morgan fingerprint density at radius 1 is 1.41 bits per heavy atom. The van der Waals surface area contributed by atoms with Crippen LogP contribution >= 0.6 is 0 Å². The summed E-state index contributed by atoms with van der Waals surface area (Å²) in [6.45, 7) is 3.66. The van der Waals surface area contributed by atoms with E-state index < -0.39 is 5.69 Å². The van der Waals surface area contributed by atoms with E-state index in [2.05, 4.69) is 22.2 Å². The molecule has 7 nitrogen and oxygen atoms in total. The molecule has 0 aliphatic carbocycles. The lowest BCUT2D eigenvalue weighted by Gasteiger charge is -2.21.